The molecular formula is C24H32F3N5O2. The molecule has 1 spiro atoms. The number of nitriles is 1. The number of likely N-dealkylation sites (tertiary alicyclic amines) is 1. The Balaban J connectivity index is 1.74. The van der Waals surface area contributed by atoms with E-state index < -0.39 is 22.7 Å². The van der Waals surface area contributed by atoms with Crippen LogP contribution in [0, 0.1) is 28.6 Å². The van der Waals surface area contributed by atoms with E-state index in [0.29, 0.717) is 57.2 Å². The smallest absolute Gasteiger partial charge is 0.371 e. The van der Waals surface area contributed by atoms with Crippen LogP contribution in [-0.4, -0.2) is 56.6 Å². The van der Waals surface area contributed by atoms with Gasteiger partial charge in [0.15, 0.2) is 0 Å². The van der Waals surface area contributed by atoms with Gasteiger partial charge in [0.05, 0.1) is 23.1 Å². The lowest BCUT2D eigenvalue weighted by Crippen LogP contribution is -2.48. The minimum atomic E-state index is -4.61. The number of hydrogen-bond acceptors (Lipinski definition) is 4. The lowest BCUT2D eigenvalue weighted by Gasteiger charge is -2.42. The van der Waals surface area contributed by atoms with Gasteiger partial charge in [-0.2, -0.15) is 18.4 Å². The van der Waals surface area contributed by atoms with Crippen molar-refractivity contribution in [3.63, 3.8) is 0 Å². The highest BCUT2D eigenvalue weighted by atomic mass is 19.4. The summed E-state index contributed by atoms with van der Waals surface area (Å²) >= 11 is 0. The SMILES string of the molecule is CNC(=O)C1CN(C(=O)NCCC(C)C)CC12CCN(c1ccc(C#N)c(C(F)(F)F)c1)CC2. The zero-order valence-corrected chi connectivity index (χ0v) is 19.8. The van der Waals surface area contributed by atoms with Crippen LogP contribution in [0.1, 0.15) is 44.2 Å². The number of carbonyl (C=O) groups excluding carboxylic acids is 2. The van der Waals surface area contributed by atoms with Crippen LogP contribution < -0.4 is 15.5 Å². The van der Waals surface area contributed by atoms with Crippen molar-refractivity contribution < 1.29 is 22.8 Å². The van der Waals surface area contributed by atoms with Gasteiger partial charge in [-0.05, 0) is 43.4 Å². The van der Waals surface area contributed by atoms with Crippen molar-refractivity contribution in [3.8, 4) is 6.07 Å². The molecule has 1 aromatic rings. The molecule has 1 unspecified atom stereocenters. The molecule has 0 saturated carbocycles. The molecule has 2 heterocycles. The summed E-state index contributed by atoms with van der Waals surface area (Å²) in [5, 5.41) is 14.7. The molecule has 186 valence electrons. The number of nitrogens with one attached hydrogen (secondary N) is 2. The minimum absolute atomic E-state index is 0.122. The first-order valence-corrected chi connectivity index (χ1v) is 11.6. The maximum atomic E-state index is 13.4. The molecule has 34 heavy (non-hydrogen) atoms. The quantitative estimate of drug-likeness (QED) is 0.676. The second-order valence-electron chi connectivity index (χ2n) is 9.65. The first kappa shape index (κ1) is 25.7. The summed E-state index contributed by atoms with van der Waals surface area (Å²) in [4.78, 5) is 29.0. The third-order valence-corrected chi connectivity index (χ3v) is 7.05. The van der Waals surface area contributed by atoms with Crippen molar-refractivity contribution in [2.24, 2.45) is 17.3 Å². The third kappa shape index (κ3) is 5.40. The van der Waals surface area contributed by atoms with E-state index in [2.05, 4.69) is 24.5 Å². The Hall–Kier alpha value is -2.96. The average molecular weight is 480 g/mol. The van der Waals surface area contributed by atoms with Crippen molar-refractivity contribution in [2.45, 2.75) is 39.3 Å². The Kier molecular flexibility index (Phi) is 7.64. The number of alkyl halides is 3. The van der Waals surface area contributed by atoms with Gasteiger partial charge in [-0.15, -0.1) is 0 Å². The molecule has 2 aliphatic rings. The van der Waals surface area contributed by atoms with E-state index in [9.17, 15) is 22.8 Å². The molecule has 0 aliphatic carbocycles. The largest absolute Gasteiger partial charge is 0.417 e. The summed E-state index contributed by atoms with van der Waals surface area (Å²) in [7, 11) is 1.58. The molecule has 1 aromatic carbocycles. The minimum Gasteiger partial charge on any atom is -0.371 e. The molecule has 2 N–H and O–H groups in total. The van der Waals surface area contributed by atoms with Crippen molar-refractivity contribution >= 4 is 17.6 Å². The Morgan fingerprint density at radius 2 is 1.94 bits per heavy atom. The van der Waals surface area contributed by atoms with Crippen molar-refractivity contribution in [3.05, 3.63) is 29.3 Å². The predicted molar refractivity (Wildman–Crippen MR) is 122 cm³/mol. The van der Waals surface area contributed by atoms with Crippen LogP contribution in [0.4, 0.5) is 23.7 Å². The summed E-state index contributed by atoms with van der Waals surface area (Å²) in [5.41, 5.74) is -1.37. The van der Waals surface area contributed by atoms with Gasteiger partial charge in [0, 0.05) is 50.9 Å². The van der Waals surface area contributed by atoms with Crippen molar-refractivity contribution in [1.29, 1.82) is 5.26 Å². The summed E-state index contributed by atoms with van der Waals surface area (Å²) in [6.07, 6.45) is -2.61. The fraction of sp³-hybridized carbons (Fsp3) is 0.625. The summed E-state index contributed by atoms with van der Waals surface area (Å²) in [5.74, 6) is -0.0286. The van der Waals surface area contributed by atoms with Crippen LogP contribution in [-0.2, 0) is 11.0 Å². The maximum Gasteiger partial charge on any atom is 0.417 e. The van der Waals surface area contributed by atoms with Gasteiger partial charge < -0.3 is 20.4 Å². The van der Waals surface area contributed by atoms with Gasteiger partial charge in [0.1, 0.15) is 0 Å². The first-order valence-electron chi connectivity index (χ1n) is 11.6. The van der Waals surface area contributed by atoms with E-state index >= 15 is 0 Å². The number of halogens is 3. The van der Waals surface area contributed by atoms with Gasteiger partial charge in [-0.1, -0.05) is 13.8 Å². The van der Waals surface area contributed by atoms with Crippen LogP contribution in [0.15, 0.2) is 18.2 Å². The molecule has 7 nitrogen and oxygen atoms in total. The van der Waals surface area contributed by atoms with E-state index in [1.165, 1.54) is 12.1 Å². The van der Waals surface area contributed by atoms with E-state index in [1.807, 2.05) is 4.90 Å². The number of amides is 3. The summed E-state index contributed by atoms with van der Waals surface area (Å²) in [6.45, 7) is 6.41. The number of hydrogen-bond donors (Lipinski definition) is 2. The van der Waals surface area contributed by atoms with Crippen molar-refractivity contribution in [1.82, 2.24) is 15.5 Å². The Morgan fingerprint density at radius 1 is 1.26 bits per heavy atom. The maximum absolute atomic E-state index is 13.4. The first-order chi connectivity index (χ1) is 16.0. The lowest BCUT2D eigenvalue weighted by atomic mass is 9.70. The normalized spacial score (nSPS) is 19.9. The lowest BCUT2D eigenvalue weighted by molar-refractivity contribution is -0.137. The highest BCUT2D eigenvalue weighted by Gasteiger charge is 2.52. The number of carbonyl (C=O) groups is 2. The molecule has 0 aromatic heterocycles. The molecule has 3 amide bonds. The van der Waals surface area contributed by atoms with Gasteiger partial charge in [-0.3, -0.25) is 4.79 Å². The monoisotopic (exact) mass is 479 g/mol. The van der Waals surface area contributed by atoms with E-state index in [-0.39, 0.29) is 17.9 Å². The number of nitrogens with zero attached hydrogens (tertiary/aromatic N) is 3. The molecule has 0 bridgehead atoms. The Labute approximate surface area is 198 Å². The van der Waals surface area contributed by atoms with Crippen LogP contribution in [0.3, 0.4) is 0 Å². The number of piperidine rings is 1. The van der Waals surface area contributed by atoms with Gasteiger partial charge in [0.2, 0.25) is 5.91 Å². The molecule has 1 atom stereocenters. The van der Waals surface area contributed by atoms with Crippen LogP contribution in [0.25, 0.3) is 0 Å². The van der Waals surface area contributed by atoms with Crippen molar-refractivity contribution in [2.75, 3.05) is 44.7 Å². The zero-order chi connectivity index (χ0) is 25.1. The van der Waals surface area contributed by atoms with E-state index in [1.54, 1.807) is 18.0 Å². The number of urea groups is 1. The molecule has 10 heteroatoms. The highest BCUT2D eigenvalue weighted by Crippen LogP contribution is 2.46. The number of benzene rings is 1. The van der Waals surface area contributed by atoms with Gasteiger partial charge in [0.25, 0.3) is 0 Å². The number of anilines is 1. The van der Waals surface area contributed by atoms with E-state index in [0.717, 1.165) is 12.5 Å². The van der Waals surface area contributed by atoms with Gasteiger partial charge in [-0.25, -0.2) is 4.79 Å². The Bertz CT molecular complexity index is 949. The fourth-order valence-corrected chi connectivity index (χ4v) is 5.02. The van der Waals surface area contributed by atoms with Crippen LogP contribution >= 0.6 is 0 Å². The summed E-state index contributed by atoms with van der Waals surface area (Å²) < 4.78 is 40.2. The average Bonchev–Trinajstić information content (AvgIpc) is 3.16. The Morgan fingerprint density at radius 3 is 2.50 bits per heavy atom. The van der Waals surface area contributed by atoms with Gasteiger partial charge >= 0.3 is 12.2 Å². The molecule has 2 fully saturated rings. The molecule has 2 aliphatic heterocycles. The van der Waals surface area contributed by atoms with Crippen LogP contribution in [0.5, 0.6) is 0 Å². The number of rotatable bonds is 5. The highest BCUT2D eigenvalue weighted by molar-refractivity contribution is 5.82. The standard InChI is InChI=1S/C24H32F3N5O2/c1-16(2)6-9-30-22(34)32-14-20(21(33)29-3)23(15-32)7-10-31(11-8-23)18-5-4-17(13-28)19(12-18)24(25,26)27/h4-5,12,16,20H,6-11,14-15H2,1-3H3,(H,29,33)(H,30,34). The zero-order valence-electron chi connectivity index (χ0n) is 19.8. The predicted octanol–water partition coefficient (Wildman–Crippen LogP) is 3.60. The van der Waals surface area contributed by atoms with E-state index in [4.69, 9.17) is 5.26 Å². The molecule has 2 saturated heterocycles. The summed E-state index contributed by atoms with van der Waals surface area (Å²) in [6, 6.07) is 5.18. The second-order valence-corrected chi connectivity index (χ2v) is 9.65. The molecule has 3 rings (SSSR count). The topological polar surface area (TPSA) is 88.5 Å². The third-order valence-electron chi connectivity index (χ3n) is 7.05. The molecule has 0 radical (unpaired) electrons. The molecular weight excluding hydrogens is 447 g/mol. The van der Waals surface area contributed by atoms with Crippen LogP contribution in [0.2, 0.25) is 0 Å². The second kappa shape index (κ2) is 10.1. The fourth-order valence-electron chi connectivity index (χ4n) is 5.02.